The molecule has 0 saturated carbocycles. The summed E-state index contributed by atoms with van der Waals surface area (Å²) in [7, 11) is 8.82. The standard InChI is InChI=1S/C56H89N3O7/c1-16-39(6)53(58(13)55(64)46(37(2)3)34-49(62)52(38(4)5)57(11)12)50(65-14)35-51(63)59-30-20-23-47(59)54(66-15)40(7)48(61)33-44(31-42-21-18-17-19-22-42)32-45(60)29-28-41-24-26-43(27-25-41)36-56(8,9)10/h17-19,21-22,24-27,37-40,44,46-47,50,52-54H,16,20,23,28-36H2,1-15H3/t39-,40-,44?,46-,47-,50+,52-,53-,54+/m0/s1. The van der Waals surface area contributed by atoms with Gasteiger partial charge in [0.05, 0.1) is 36.8 Å². The van der Waals surface area contributed by atoms with Gasteiger partial charge in [0.1, 0.15) is 11.6 Å². The minimum Gasteiger partial charge on any atom is -0.379 e. The highest BCUT2D eigenvalue weighted by Crippen LogP contribution is 2.32. The average molecular weight is 916 g/mol. The smallest absolute Gasteiger partial charge is 0.226 e. The number of hydrogen-bond donors (Lipinski definition) is 0. The molecule has 0 radical (unpaired) electrons. The number of Topliss-reactive ketones (excluding diaryl/α,β-unsaturated/α-hetero) is 3. The Kier molecular flexibility index (Phi) is 22.9. The molecule has 2 aromatic rings. The van der Waals surface area contributed by atoms with Crippen molar-refractivity contribution < 1.29 is 33.4 Å². The van der Waals surface area contributed by atoms with Crippen LogP contribution in [0.3, 0.4) is 0 Å². The van der Waals surface area contributed by atoms with E-state index in [0.717, 1.165) is 30.4 Å². The fourth-order valence-electron chi connectivity index (χ4n) is 10.6. The third-order valence-electron chi connectivity index (χ3n) is 14.2. The fourth-order valence-corrected chi connectivity index (χ4v) is 10.6. The van der Waals surface area contributed by atoms with Crippen molar-refractivity contribution in [3.63, 3.8) is 0 Å². The summed E-state index contributed by atoms with van der Waals surface area (Å²) < 4.78 is 12.3. The largest absolute Gasteiger partial charge is 0.379 e. The number of hydrogen-bond acceptors (Lipinski definition) is 8. The molecule has 0 aromatic heterocycles. The van der Waals surface area contributed by atoms with Crippen molar-refractivity contribution >= 4 is 29.2 Å². The molecule has 10 heteroatoms. The number of likely N-dealkylation sites (N-methyl/N-ethyl adjacent to an activating group) is 2. The van der Waals surface area contributed by atoms with E-state index in [-0.39, 0.29) is 89.6 Å². The van der Waals surface area contributed by atoms with Gasteiger partial charge in [-0.25, -0.2) is 0 Å². The van der Waals surface area contributed by atoms with Gasteiger partial charge in [-0.2, -0.15) is 0 Å². The van der Waals surface area contributed by atoms with E-state index in [4.69, 9.17) is 9.47 Å². The van der Waals surface area contributed by atoms with Gasteiger partial charge in [-0.3, -0.25) is 28.9 Å². The van der Waals surface area contributed by atoms with E-state index >= 15 is 0 Å². The van der Waals surface area contributed by atoms with Gasteiger partial charge in [-0.15, -0.1) is 0 Å². The first-order chi connectivity index (χ1) is 31.0. The molecule has 3 rings (SSSR count). The number of ketones is 3. The Bertz CT molecular complexity index is 1810. The molecule has 1 unspecified atom stereocenters. The molecule has 0 bridgehead atoms. The molecule has 1 fully saturated rings. The second-order valence-corrected chi connectivity index (χ2v) is 21.8. The van der Waals surface area contributed by atoms with Crippen molar-refractivity contribution in [3.05, 3.63) is 71.3 Å². The number of likely N-dealkylation sites (tertiary alicyclic amines) is 1. The summed E-state index contributed by atoms with van der Waals surface area (Å²) in [5, 5.41) is 0. The van der Waals surface area contributed by atoms with Crippen LogP contribution in [0.5, 0.6) is 0 Å². The zero-order chi connectivity index (χ0) is 49.5. The lowest BCUT2D eigenvalue weighted by Crippen LogP contribution is -2.54. The second kappa shape index (κ2) is 26.7. The third kappa shape index (κ3) is 16.8. The maximum atomic E-state index is 14.5. The van der Waals surface area contributed by atoms with Crippen LogP contribution >= 0.6 is 0 Å². The van der Waals surface area contributed by atoms with Crippen molar-refractivity contribution in [1.29, 1.82) is 0 Å². The van der Waals surface area contributed by atoms with E-state index in [1.165, 1.54) is 5.56 Å². The topological polar surface area (TPSA) is 114 Å². The Balaban J connectivity index is 1.76. The molecule has 0 aliphatic carbocycles. The summed E-state index contributed by atoms with van der Waals surface area (Å²) >= 11 is 0. The minimum atomic E-state index is -0.597. The van der Waals surface area contributed by atoms with Crippen molar-refractivity contribution in [2.24, 2.45) is 40.9 Å². The summed E-state index contributed by atoms with van der Waals surface area (Å²) in [4.78, 5) is 76.0. The summed E-state index contributed by atoms with van der Waals surface area (Å²) in [6.45, 7) is 21.3. The van der Waals surface area contributed by atoms with Crippen LogP contribution in [0.25, 0.3) is 0 Å². The lowest BCUT2D eigenvalue weighted by atomic mass is 9.83. The first kappa shape index (κ1) is 56.6. The molecule has 9 atom stereocenters. The Morgan fingerprint density at radius 2 is 1.38 bits per heavy atom. The van der Waals surface area contributed by atoms with Crippen molar-refractivity contribution in [3.8, 4) is 0 Å². The zero-order valence-electron chi connectivity index (χ0n) is 43.7. The first-order valence-corrected chi connectivity index (χ1v) is 25.0. The fraction of sp³-hybridized carbons (Fsp3) is 0.696. The quantitative estimate of drug-likeness (QED) is 0.0830. The molecule has 10 nitrogen and oxygen atoms in total. The van der Waals surface area contributed by atoms with Crippen LogP contribution in [-0.4, -0.2) is 116 Å². The number of benzene rings is 2. The molecule has 370 valence electrons. The van der Waals surface area contributed by atoms with E-state index in [1.807, 2.05) is 76.7 Å². The average Bonchev–Trinajstić information content (AvgIpc) is 3.74. The highest BCUT2D eigenvalue weighted by Gasteiger charge is 2.43. The van der Waals surface area contributed by atoms with Crippen LogP contribution in [0.1, 0.15) is 137 Å². The van der Waals surface area contributed by atoms with Crippen LogP contribution < -0.4 is 0 Å². The summed E-state index contributed by atoms with van der Waals surface area (Å²) in [6, 6.07) is 17.6. The maximum Gasteiger partial charge on any atom is 0.226 e. The Morgan fingerprint density at radius 1 is 0.758 bits per heavy atom. The van der Waals surface area contributed by atoms with Gasteiger partial charge >= 0.3 is 0 Å². The van der Waals surface area contributed by atoms with E-state index < -0.39 is 30.1 Å². The number of carbonyl (C=O) groups is 5. The molecular weight excluding hydrogens is 827 g/mol. The Morgan fingerprint density at radius 3 is 1.91 bits per heavy atom. The van der Waals surface area contributed by atoms with Crippen molar-refractivity contribution in [1.82, 2.24) is 14.7 Å². The molecule has 0 spiro atoms. The lowest BCUT2D eigenvalue weighted by Gasteiger charge is -2.41. The Hall–Kier alpha value is -3.73. The Labute approximate surface area is 400 Å². The molecule has 2 amide bonds. The van der Waals surface area contributed by atoms with E-state index in [9.17, 15) is 24.0 Å². The predicted molar refractivity (Wildman–Crippen MR) is 267 cm³/mol. The van der Waals surface area contributed by atoms with E-state index in [2.05, 4.69) is 71.0 Å². The number of nitrogens with zero attached hydrogens (tertiary/aromatic N) is 3. The summed E-state index contributed by atoms with van der Waals surface area (Å²) in [6.07, 6.45) is 4.57. The maximum absolute atomic E-state index is 14.5. The predicted octanol–water partition coefficient (Wildman–Crippen LogP) is 9.72. The summed E-state index contributed by atoms with van der Waals surface area (Å²) in [5.41, 5.74) is 3.73. The van der Waals surface area contributed by atoms with E-state index in [0.29, 0.717) is 38.6 Å². The molecule has 66 heavy (non-hydrogen) atoms. The van der Waals surface area contributed by atoms with Gasteiger partial charge in [0.25, 0.3) is 0 Å². The molecule has 2 aromatic carbocycles. The number of ether oxygens (including phenoxy) is 2. The zero-order valence-corrected chi connectivity index (χ0v) is 43.7. The van der Waals surface area contributed by atoms with Gasteiger partial charge in [-0.05, 0) is 92.0 Å². The van der Waals surface area contributed by atoms with Crippen LogP contribution in [0.15, 0.2) is 54.6 Å². The highest BCUT2D eigenvalue weighted by molar-refractivity contribution is 5.90. The van der Waals surface area contributed by atoms with Gasteiger partial charge in [0.2, 0.25) is 11.8 Å². The molecule has 1 saturated heterocycles. The first-order valence-electron chi connectivity index (χ1n) is 25.0. The van der Waals surface area contributed by atoms with Crippen LogP contribution in [0.4, 0.5) is 0 Å². The molecular formula is C56H89N3O7. The monoisotopic (exact) mass is 916 g/mol. The molecule has 1 heterocycles. The van der Waals surface area contributed by atoms with Crippen LogP contribution in [-0.2, 0) is 52.7 Å². The van der Waals surface area contributed by atoms with E-state index in [1.54, 1.807) is 26.2 Å². The van der Waals surface area contributed by atoms with Gasteiger partial charge in [0, 0.05) is 65.3 Å². The van der Waals surface area contributed by atoms with Crippen molar-refractivity contribution in [2.75, 3.05) is 41.9 Å². The highest BCUT2D eigenvalue weighted by atomic mass is 16.5. The number of methoxy groups -OCH3 is 2. The number of amides is 2. The molecule has 1 aliphatic rings. The second-order valence-electron chi connectivity index (χ2n) is 21.8. The number of rotatable bonds is 28. The minimum absolute atomic E-state index is 0.00444. The van der Waals surface area contributed by atoms with Crippen molar-refractivity contribution in [2.45, 2.75) is 170 Å². The van der Waals surface area contributed by atoms with Crippen LogP contribution in [0.2, 0.25) is 0 Å². The van der Waals surface area contributed by atoms with Gasteiger partial charge < -0.3 is 19.3 Å². The normalized spacial score (nSPS) is 18.2. The summed E-state index contributed by atoms with van der Waals surface area (Å²) in [5.74, 6) is -1.13. The molecule has 1 aliphatic heterocycles. The van der Waals surface area contributed by atoms with Gasteiger partial charge in [0.15, 0.2) is 5.78 Å². The lowest BCUT2D eigenvalue weighted by molar-refractivity contribution is -0.149. The van der Waals surface area contributed by atoms with Gasteiger partial charge in [-0.1, -0.05) is 130 Å². The third-order valence-corrected chi connectivity index (χ3v) is 14.2. The SMILES string of the molecule is CC[C@H](C)[C@@H]([C@@H](CC(=O)N1CCC[C@H]1[C@H](OC)[C@@H](C)C(=O)CC(CC(=O)CCc1ccc(CC(C)(C)C)cc1)Cc1ccccc1)OC)N(C)C(=O)[C@@H](CC(=O)[C@H](C(C)C)N(C)C)C(C)C. The number of aryl methyl sites for hydroxylation is 1. The number of carbonyl (C=O) groups excluding carboxylic acids is 5. The van der Waals surface area contributed by atoms with Crippen LogP contribution in [0, 0.1) is 40.9 Å². The molecule has 0 N–H and O–H groups in total.